The smallest absolute Gasteiger partial charge is 0.306 e. The van der Waals surface area contributed by atoms with Crippen LogP contribution >= 0.6 is 0 Å². The fourth-order valence-corrected chi connectivity index (χ4v) is 3.69. The number of rotatable bonds is 13. The molecule has 14 nitrogen and oxygen atoms in total. The van der Waals surface area contributed by atoms with Gasteiger partial charge >= 0.3 is 29.8 Å². The zero-order valence-electron chi connectivity index (χ0n) is 21.6. The standard InChI is InChI=1S/C23H35NO13/c1-6-32-20(30)10-9-19(29)24(31)11-7-8-17-21(34-14(3)26)23(36-16(5)28)22(35-15(4)27)18(37-17)12-33-13(2)25/h17-18,21-23,31H,6-12H2,1-5H3. The molecule has 37 heavy (non-hydrogen) atoms. The number of carbonyl (C=O) groups excluding carboxylic acids is 6. The molecule has 0 bridgehead atoms. The van der Waals surface area contributed by atoms with Gasteiger partial charge in [-0.15, -0.1) is 0 Å². The van der Waals surface area contributed by atoms with Crippen LogP contribution in [0.15, 0.2) is 0 Å². The lowest BCUT2D eigenvalue weighted by molar-refractivity contribution is -0.253. The summed E-state index contributed by atoms with van der Waals surface area (Å²) in [4.78, 5) is 70.3. The Morgan fingerprint density at radius 1 is 0.757 bits per heavy atom. The van der Waals surface area contributed by atoms with Crippen molar-refractivity contribution in [1.29, 1.82) is 0 Å². The summed E-state index contributed by atoms with van der Waals surface area (Å²) in [5, 5.41) is 10.5. The Morgan fingerprint density at radius 2 is 1.30 bits per heavy atom. The maximum Gasteiger partial charge on any atom is 0.306 e. The summed E-state index contributed by atoms with van der Waals surface area (Å²) in [5.41, 5.74) is 0. The summed E-state index contributed by atoms with van der Waals surface area (Å²) in [6, 6.07) is 0. The average molecular weight is 534 g/mol. The highest BCUT2D eigenvalue weighted by atomic mass is 16.7. The van der Waals surface area contributed by atoms with Crippen LogP contribution in [-0.4, -0.2) is 96.3 Å². The largest absolute Gasteiger partial charge is 0.466 e. The highest BCUT2D eigenvalue weighted by molar-refractivity contribution is 5.80. The predicted octanol–water partition coefficient (Wildman–Crippen LogP) is 0.453. The first-order chi connectivity index (χ1) is 17.3. The minimum atomic E-state index is -1.29. The van der Waals surface area contributed by atoms with E-state index in [1.54, 1.807) is 6.92 Å². The van der Waals surface area contributed by atoms with Crippen LogP contribution in [0, 0.1) is 0 Å². The Balaban J connectivity index is 3.02. The third kappa shape index (κ3) is 11.6. The summed E-state index contributed by atoms with van der Waals surface area (Å²) in [6.45, 7) is 5.83. The molecule has 5 atom stereocenters. The highest BCUT2D eigenvalue weighted by Crippen LogP contribution is 2.31. The summed E-state index contributed by atoms with van der Waals surface area (Å²) in [6.07, 6.45) is -6.03. The fourth-order valence-electron chi connectivity index (χ4n) is 3.69. The number of hydrogen-bond acceptors (Lipinski definition) is 13. The molecular weight excluding hydrogens is 498 g/mol. The van der Waals surface area contributed by atoms with Crippen LogP contribution < -0.4 is 0 Å². The van der Waals surface area contributed by atoms with Crippen LogP contribution in [0.3, 0.4) is 0 Å². The fraction of sp³-hybridized carbons (Fsp3) is 0.739. The second-order valence-corrected chi connectivity index (χ2v) is 8.20. The minimum absolute atomic E-state index is 0.0846. The van der Waals surface area contributed by atoms with Gasteiger partial charge in [0, 0.05) is 40.7 Å². The molecular formula is C23H35NO13. The summed E-state index contributed by atoms with van der Waals surface area (Å²) >= 11 is 0. The van der Waals surface area contributed by atoms with Crippen LogP contribution in [0.5, 0.6) is 0 Å². The van der Waals surface area contributed by atoms with Crippen molar-refractivity contribution in [3.8, 4) is 0 Å². The molecule has 0 aromatic carbocycles. The molecule has 210 valence electrons. The Morgan fingerprint density at radius 3 is 1.81 bits per heavy atom. The van der Waals surface area contributed by atoms with Crippen molar-refractivity contribution in [2.24, 2.45) is 0 Å². The maximum absolute atomic E-state index is 12.1. The molecule has 1 saturated heterocycles. The van der Waals surface area contributed by atoms with E-state index in [2.05, 4.69) is 0 Å². The number of carbonyl (C=O) groups is 6. The monoisotopic (exact) mass is 533 g/mol. The van der Waals surface area contributed by atoms with Gasteiger partial charge in [-0.25, -0.2) is 5.06 Å². The van der Waals surface area contributed by atoms with Crippen molar-refractivity contribution in [3.05, 3.63) is 0 Å². The van der Waals surface area contributed by atoms with Crippen LogP contribution in [0.25, 0.3) is 0 Å². The van der Waals surface area contributed by atoms with Crippen LogP contribution in [0.2, 0.25) is 0 Å². The number of amides is 1. The lowest BCUT2D eigenvalue weighted by Gasteiger charge is -2.44. The summed E-state index contributed by atoms with van der Waals surface area (Å²) < 4.78 is 31.7. The van der Waals surface area contributed by atoms with E-state index in [9.17, 15) is 34.0 Å². The SMILES string of the molecule is CCOC(=O)CCC(=O)N(O)CCCC1OC(COC(C)=O)C(OC(C)=O)C(OC(C)=O)C1OC(C)=O. The van der Waals surface area contributed by atoms with Crippen molar-refractivity contribution in [2.75, 3.05) is 19.8 Å². The maximum atomic E-state index is 12.1. The molecule has 1 amide bonds. The van der Waals surface area contributed by atoms with Crippen molar-refractivity contribution in [1.82, 2.24) is 5.06 Å². The molecule has 0 aromatic rings. The van der Waals surface area contributed by atoms with Gasteiger partial charge in [0.15, 0.2) is 18.3 Å². The van der Waals surface area contributed by atoms with Crippen molar-refractivity contribution < 1.29 is 62.4 Å². The van der Waals surface area contributed by atoms with Gasteiger partial charge in [0.25, 0.3) is 0 Å². The number of nitrogens with zero attached hydrogens (tertiary/aromatic N) is 1. The molecule has 0 spiro atoms. The Labute approximate surface area is 214 Å². The van der Waals surface area contributed by atoms with Crippen LogP contribution in [0.4, 0.5) is 0 Å². The summed E-state index contributed by atoms with van der Waals surface area (Å²) in [7, 11) is 0. The predicted molar refractivity (Wildman–Crippen MR) is 121 cm³/mol. The van der Waals surface area contributed by atoms with Gasteiger partial charge in [-0.3, -0.25) is 34.0 Å². The average Bonchev–Trinajstić information content (AvgIpc) is 2.79. The molecule has 1 aliphatic heterocycles. The van der Waals surface area contributed by atoms with E-state index >= 15 is 0 Å². The van der Waals surface area contributed by atoms with Gasteiger partial charge in [0.2, 0.25) is 5.91 Å². The number of esters is 5. The molecule has 14 heteroatoms. The van der Waals surface area contributed by atoms with Crippen LogP contribution in [0.1, 0.15) is 60.3 Å². The quantitative estimate of drug-likeness (QED) is 0.149. The molecule has 0 aliphatic carbocycles. The number of ether oxygens (including phenoxy) is 6. The third-order valence-corrected chi connectivity index (χ3v) is 5.08. The van der Waals surface area contributed by atoms with Crippen LogP contribution in [-0.2, 0) is 57.2 Å². The molecule has 0 saturated carbocycles. The molecule has 1 fully saturated rings. The molecule has 1 rings (SSSR count). The molecule has 0 radical (unpaired) electrons. The van der Waals surface area contributed by atoms with E-state index in [4.69, 9.17) is 28.4 Å². The molecule has 1 N–H and O–H groups in total. The van der Waals surface area contributed by atoms with E-state index < -0.39 is 66.3 Å². The van der Waals surface area contributed by atoms with Gasteiger partial charge in [-0.2, -0.15) is 0 Å². The van der Waals surface area contributed by atoms with Gasteiger partial charge in [0.05, 0.1) is 19.1 Å². The minimum Gasteiger partial charge on any atom is -0.466 e. The first kappa shape index (κ1) is 31.8. The Kier molecular flexibility index (Phi) is 13.5. The zero-order chi connectivity index (χ0) is 28.1. The van der Waals surface area contributed by atoms with Crippen molar-refractivity contribution in [3.63, 3.8) is 0 Å². The second-order valence-electron chi connectivity index (χ2n) is 8.20. The zero-order valence-corrected chi connectivity index (χ0v) is 21.6. The first-order valence-electron chi connectivity index (χ1n) is 11.8. The Hall–Kier alpha value is -3.26. The van der Waals surface area contributed by atoms with Gasteiger partial charge in [-0.05, 0) is 19.8 Å². The topological polar surface area (TPSA) is 181 Å². The normalized spacial score (nSPS) is 22.8. The summed E-state index contributed by atoms with van der Waals surface area (Å²) in [5.74, 6) is -4.12. The van der Waals surface area contributed by atoms with Gasteiger partial charge in [0.1, 0.15) is 12.7 Å². The second kappa shape index (κ2) is 15.8. The third-order valence-electron chi connectivity index (χ3n) is 5.08. The highest BCUT2D eigenvalue weighted by Gasteiger charge is 2.51. The lowest BCUT2D eigenvalue weighted by atomic mass is 9.92. The van der Waals surface area contributed by atoms with E-state index in [0.29, 0.717) is 5.06 Å². The van der Waals surface area contributed by atoms with Crippen molar-refractivity contribution >= 4 is 35.8 Å². The first-order valence-corrected chi connectivity index (χ1v) is 11.8. The van der Waals surface area contributed by atoms with Gasteiger partial charge < -0.3 is 28.4 Å². The molecule has 0 aromatic heterocycles. The molecule has 5 unspecified atom stereocenters. The Bertz CT molecular complexity index is 829. The van der Waals surface area contributed by atoms with E-state index in [1.807, 2.05) is 0 Å². The molecule has 1 heterocycles. The number of hydrogen-bond donors (Lipinski definition) is 1. The van der Waals surface area contributed by atoms with E-state index in [0.717, 1.165) is 20.8 Å². The molecule has 1 aliphatic rings. The van der Waals surface area contributed by atoms with E-state index in [-0.39, 0.29) is 45.4 Å². The number of hydroxylamine groups is 2. The van der Waals surface area contributed by atoms with E-state index in [1.165, 1.54) is 6.92 Å². The van der Waals surface area contributed by atoms with Crippen molar-refractivity contribution in [2.45, 2.75) is 90.8 Å². The van der Waals surface area contributed by atoms with Gasteiger partial charge in [-0.1, -0.05) is 0 Å². The lowest BCUT2D eigenvalue weighted by Crippen LogP contribution is -2.62.